The molecule has 1 aliphatic rings. The number of sulfonamides is 1. The van der Waals surface area contributed by atoms with E-state index in [1.807, 2.05) is 30.7 Å². The molecule has 2 heterocycles. The molecule has 0 bridgehead atoms. The lowest BCUT2D eigenvalue weighted by Crippen LogP contribution is -2.39. The van der Waals surface area contributed by atoms with E-state index in [2.05, 4.69) is 17.0 Å². The minimum Gasteiger partial charge on any atom is -0.370 e. The van der Waals surface area contributed by atoms with Crippen LogP contribution in [0.2, 0.25) is 0 Å². The monoisotopic (exact) mass is 384 g/mol. The SMILES string of the molecule is C=C(C)/C(=C/C/C=C\C)NC(=O)NS(=O)(=O)c1cc2n(n1)CCO[C@H]2C.[HH].[HH]. The molecule has 146 valence electrons. The molecular formula is C17H28N4O4S. The molecule has 2 N–H and O–H groups in total. The number of carbonyl (C=O) groups is 1. The Labute approximate surface area is 156 Å². The van der Waals surface area contributed by atoms with Crippen LogP contribution in [0.3, 0.4) is 0 Å². The Morgan fingerprint density at radius 1 is 1.58 bits per heavy atom. The molecule has 1 aromatic rings. The molecule has 1 atom stereocenters. The molecule has 0 unspecified atom stereocenters. The Morgan fingerprint density at radius 2 is 2.31 bits per heavy atom. The molecule has 1 aromatic heterocycles. The normalized spacial score (nSPS) is 17.8. The van der Waals surface area contributed by atoms with Gasteiger partial charge in [0.05, 0.1) is 24.9 Å². The van der Waals surface area contributed by atoms with Gasteiger partial charge in [0.2, 0.25) is 0 Å². The van der Waals surface area contributed by atoms with Crippen LogP contribution < -0.4 is 10.0 Å². The fraction of sp³-hybridized carbons (Fsp3) is 0.412. The second-order valence-corrected chi connectivity index (χ2v) is 7.54. The van der Waals surface area contributed by atoms with Crippen molar-refractivity contribution < 1.29 is 20.8 Å². The first kappa shape index (κ1) is 19.9. The summed E-state index contributed by atoms with van der Waals surface area (Å²) < 4.78 is 33.9. The summed E-state index contributed by atoms with van der Waals surface area (Å²) in [6.45, 7) is 10.1. The number of nitrogens with one attached hydrogen (secondary N) is 2. The van der Waals surface area contributed by atoms with Gasteiger partial charge in [0, 0.05) is 14.6 Å². The molecule has 9 heteroatoms. The summed E-state index contributed by atoms with van der Waals surface area (Å²) in [5.74, 6) is 0. The lowest BCUT2D eigenvalue weighted by molar-refractivity contribution is 0.0287. The molecule has 0 aromatic carbocycles. The second kappa shape index (κ2) is 8.33. The van der Waals surface area contributed by atoms with Crippen LogP contribution in [0, 0.1) is 0 Å². The number of nitrogens with zero attached hydrogens (tertiary/aromatic N) is 2. The minimum absolute atomic E-state index is 0. The number of ether oxygens (including phenoxy) is 1. The Kier molecular flexibility index (Phi) is 6.38. The number of hydrogen-bond acceptors (Lipinski definition) is 5. The van der Waals surface area contributed by atoms with E-state index in [4.69, 9.17) is 4.74 Å². The van der Waals surface area contributed by atoms with E-state index < -0.39 is 16.1 Å². The van der Waals surface area contributed by atoms with Crippen LogP contribution in [0.5, 0.6) is 0 Å². The number of hydrogen-bond donors (Lipinski definition) is 2. The Morgan fingerprint density at radius 3 is 2.92 bits per heavy atom. The standard InChI is InChI=1S/C17H24N4O4S.2H2/c1-5-6-7-8-14(12(2)3)18-17(22)20-26(23,24)16-11-15-13(4)25-10-9-21(15)19-16;;/h5-6,8,11,13H,2,7,9-10H2,1,3-4H3,(H2,18,20,22);2*1H/b6-5-,14-8-;;/t13-;;/m0../s1. The zero-order chi connectivity index (χ0) is 19.3. The van der Waals surface area contributed by atoms with E-state index in [9.17, 15) is 13.2 Å². The Hall–Kier alpha value is -2.39. The van der Waals surface area contributed by atoms with Crippen LogP contribution in [0.25, 0.3) is 0 Å². The van der Waals surface area contributed by atoms with Gasteiger partial charge < -0.3 is 10.1 Å². The first-order valence-corrected chi connectivity index (χ1v) is 9.73. The zero-order valence-corrected chi connectivity index (χ0v) is 16.0. The maximum Gasteiger partial charge on any atom is 0.333 e. The average Bonchev–Trinajstić information content (AvgIpc) is 3.00. The van der Waals surface area contributed by atoms with Gasteiger partial charge in [0.25, 0.3) is 10.0 Å². The number of rotatable bonds is 6. The third-order valence-electron chi connectivity index (χ3n) is 3.78. The first-order chi connectivity index (χ1) is 12.2. The molecule has 0 saturated heterocycles. The fourth-order valence-corrected chi connectivity index (χ4v) is 3.30. The van der Waals surface area contributed by atoms with Crippen molar-refractivity contribution >= 4 is 16.1 Å². The quantitative estimate of drug-likeness (QED) is 0.580. The van der Waals surface area contributed by atoms with E-state index in [-0.39, 0.29) is 14.0 Å². The molecule has 0 spiro atoms. The molecule has 0 aliphatic carbocycles. The van der Waals surface area contributed by atoms with Crippen molar-refractivity contribution in [2.75, 3.05) is 6.61 Å². The summed E-state index contributed by atoms with van der Waals surface area (Å²) in [6.07, 6.45) is 5.87. The van der Waals surface area contributed by atoms with Gasteiger partial charge in [-0.3, -0.25) is 4.68 Å². The third kappa shape index (κ3) is 4.83. The molecule has 2 amide bonds. The van der Waals surface area contributed by atoms with Crippen molar-refractivity contribution in [1.29, 1.82) is 0 Å². The van der Waals surface area contributed by atoms with E-state index in [0.29, 0.717) is 36.5 Å². The lowest BCUT2D eigenvalue weighted by Gasteiger charge is -2.20. The van der Waals surface area contributed by atoms with Crippen molar-refractivity contribution in [1.82, 2.24) is 19.8 Å². The molecule has 2 rings (SSSR count). The van der Waals surface area contributed by atoms with Gasteiger partial charge in [0.1, 0.15) is 0 Å². The van der Waals surface area contributed by atoms with Gasteiger partial charge in [-0.25, -0.2) is 9.52 Å². The van der Waals surface area contributed by atoms with Crippen molar-refractivity contribution in [3.8, 4) is 0 Å². The Balaban J connectivity index is 0.00000364. The minimum atomic E-state index is -4.09. The smallest absolute Gasteiger partial charge is 0.333 e. The highest BCUT2D eigenvalue weighted by Crippen LogP contribution is 2.23. The summed E-state index contributed by atoms with van der Waals surface area (Å²) in [4.78, 5) is 12.1. The van der Waals surface area contributed by atoms with E-state index >= 15 is 0 Å². The predicted octanol–water partition coefficient (Wildman–Crippen LogP) is 2.88. The largest absolute Gasteiger partial charge is 0.370 e. The van der Waals surface area contributed by atoms with E-state index in [1.54, 1.807) is 17.7 Å². The van der Waals surface area contributed by atoms with Gasteiger partial charge in [-0.15, -0.1) is 0 Å². The van der Waals surface area contributed by atoms with Crippen molar-refractivity contribution in [3.05, 3.63) is 47.8 Å². The highest BCUT2D eigenvalue weighted by Gasteiger charge is 2.27. The summed E-state index contributed by atoms with van der Waals surface area (Å²) in [5.41, 5.74) is 1.73. The summed E-state index contributed by atoms with van der Waals surface area (Å²) in [5, 5.41) is 6.36. The Bertz CT molecular complexity index is 863. The second-order valence-electron chi connectivity index (χ2n) is 5.91. The van der Waals surface area contributed by atoms with Gasteiger partial charge in [-0.1, -0.05) is 24.8 Å². The predicted molar refractivity (Wildman–Crippen MR) is 102 cm³/mol. The molecule has 26 heavy (non-hydrogen) atoms. The van der Waals surface area contributed by atoms with Crippen molar-refractivity contribution in [3.63, 3.8) is 0 Å². The van der Waals surface area contributed by atoms with Gasteiger partial charge in [-0.2, -0.15) is 13.5 Å². The molecule has 0 radical (unpaired) electrons. The maximum absolute atomic E-state index is 12.4. The van der Waals surface area contributed by atoms with E-state index in [1.165, 1.54) is 6.07 Å². The number of allylic oxidation sites excluding steroid dienone is 4. The van der Waals surface area contributed by atoms with Gasteiger partial charge >= 0.3 is 6.03 Å². The van der Waals surface area contributed by atoms with Crippen LogP contribution >= 0.6 is 0 Å². The highest BCUT2D eigenvalue weighted by molar-refractivity contribution is 7.90. The van der Waals surface area contributed by atoms with Crippen LogP contribution in [-0.4, -0.2) is 30.8 Å². The average molecular weight is 385 g/mol. The number of aromatic nitrogens is 2. The van der Waals surface area contributed by atoms with Gasteiger partial charge in [0.15, 0.2) is 5.03 Å². The summed E-state index contributed by atoms with van der Waals surface area (Å²) in [6, 6.07) is 0.552. The third-order valence-corrected chi connectivity index (χ3v) is 4.98. The molecule has 1 aliphatic heterocycles. The van der Waals surface area contributed by atoms with E-state index in [0.717, 1.165) is 0 Å². The lowest BCUT2D eigenvalue weighted by atomic mass is 10.2. The molecule has 8 nitrogen and oxygen atoms in total. The number of urea groups is 1. The maximum atomic E-state index is 12.4. The van der Waals surface area contributed by atoms with Crippen molar-refractivity contribution in [2.24, 2.45) is 0 Å². The van der Waals surface area contributed by atoms with Crippen LogP contribution in [0.4, 0.5) is 4.79 Å². The fourth-order valence-electron chi connectivity index (χ4n) is 2.42. The summed E-state index contributed by atoms with van der Waals surface area (Å²) >= 11 is 0. The first-order valence-electron chi connectivity index (χ1n) is 8.25. The van der Waals surface area contributed by atoms with Gasteiger partial charge in [-0.05, 0) is 32.8 Å². The zero-order valence-electron chi connectivity index (χ0n) is 15.2. The van der Waals surface area contributed by atoms with Crippen LogP contribution in [0.1, 0.15) is 41.8 Å². The van der Waals surface area contributed by atoms with Crippen molar-refractivity contribution in [2.45, 2.75) is 44.9 Å². The number of amides is 2. The number of carbonyl (C=O) groups excluding carboxylic acids is 1. The van der Waals surface area contributed by atoms with Crippen LogP contribution in [-0.2, 0) is 21.3 Å². The molecule has 0 fully saturated rings. The molecular weight excluding hydrogens is 356 g/mol. The summed E-state index contributed by atoms with van der Waals surface area (Å²) in [7, 11) is -4.09. The highest BCUT2D eigenvalue weighted by atomic mass is 32.2. The topological polar surface area (TPSA) is 102 Å². The number of fused-ring (bicyclic) bond motifs is 1. The van der Waals surface area contributed by atoms with Crippen LogP contribution in [0.15, 0.2) is 47.2 Å². The molecule has 0 saturated carbocycles.